The highest BCUT2D eigenvalue weighted by molar-refractivity contribution is 5.67. The number of ether oxygens (including phenoxy) is 1. The third kappa shape index (κ3) is 10.4. The maximum absolute atomic E-state index is 13.8. The first-order valence-electron chi connectivity index (χ1n) is 12.4. The van der Waals surface area contributed by atoms with Gasteiger partial charge < -0.3 is 19.8 Å². The normalized spacial score (nSPS) is 15.4. The SMILES string of the molecule is CCCC(OCC(O)CN1CCCC1)c1cc(F)ccc1CCC(=O)O.Cc1ccc(C)c(F)c1. The van der Waals surface area contributed by atoms with Gasteiger partial charge in [-0.25, -0.2) is 8.78 Å². The molecule has 2 unspecified atom stereocenters. The number of aliphatic hydroxyl groups is 1. The molecule has 194 valence electrons. The van der Waals surface area contributed by atoms with Crippen LogP contribution in [0.5, 0.6) is 0 Å². The molecule has 1 fully saturated rings. The summed E-state index contributed by atoms with van der Waals surface area (Å²) in [6, 6.07) is 9.65. The largest absolute Gasteiger partial charge is 0.481 e. The highest BCUT2D eigenvalue weighted by Crippen LogP contribution is 2.28. The van der Waals surface area contributed by atoms with Crippen LogP contribution in [0.4, 0.5) is 8.78 Å². The molecule has 1 saturated heterocycles. The van der Waals surface area contributed by atoms with E-state index in [0.717, 1.165) is 30.6 Å². The topological polar surface area (TPSA) is 70.0 Å². The highest BCUT2D eigenvalue weighted by atomic mass is 19.1. The number of aliphatic hydroxyl groups excluding tert-OH is 1. The molecule has 0 aliphatic carbocycles. The summed E-state index contributed by atoms with van der Waals surface area (Å²) in [5, 5.41) is 19.2. The quantitative estimate of drug-likeness (QED) is 0.428. The van der Waals surface area contributed by atoms with Crippen LogP contribution in [0.25, 0.3) is 0 Å². The number of carbonyl (C=O) groups is 1. The van der Waals surface area contributed by atoms with E-state index in [0.29, 0.717) is 30.5 Å². The lowest BCUT2D eigenvalue weighted by molar-refractivity contribution is -0.136. The van der Waals surface area contributed by atoms with Crippen molar-refractivity contribution < 1.29 is 28.5 Å². The fourth-order valence-electron chi connectivity index (χ4n) is 4.17. The van der Waals surface area contributed by atoms with E-state index in [9.17, 15) is 18.7 Å². The Morgan fingerprint density at radius 3 is 2.43 bits per heavy atom. The summed E-state index contributed by atoms with van der Waals surface area (Å²) < 4.78 is 32.3. The summed E-state index contributed by atoms with van der Waals surface area (Å²) in [6.07, 6.45) is 3.29. The third-order valence-corrected chi connectivity index (χ3v) is 6.10. The summed E-state index contributed by atoms with van der Waals surface area (Å²) in [5.41, 5.74) is 3.17. The number of aliphatic carboxylic acids is 1. The van der Waals surface area contributed by atoms with Gasteiger partial charge in [0.1, 0.15) is 11.6 Å². The minimum atomic E-state index is -0.880. The Hall–Kier alpha value is -2.35. The van der Waals surface area contributed by atoms with Crippen molar-refractivity contribution in [3.63, 3.8) is 0 Å². The van der Waals surface area contributed by atoms with Gasteiger partial charge in [-0.1, -0.05) is 31.5 Å². The number of benzene rings is 2. The van der Waals surface area contributed by atoms with Crippen molar-refractivity contribution in [3.8, 4) is 0 Å². The van der Waals surface area contributed by atoms with Crippen molar-refractivity contribution in [1.29, 1.82) is 0 Å². The van der Waals surface area contributed by atoms with Crippen LogP contribution in [-0.2, 0) is 16.0 Å². The van der Waals surface area contributed by atoms with Crippen LogP contribution in [0.1, 0.15) is 67.4 Å². The molecule has 5 nitrogen and oxygen atoms in total. The molecule has 3 rings (SSSR count). The average Bonchev–Trinajstić information content (AvgIpc) is 3.32. The van der Waals surface area contributed by atoms with Crippen LogP contribution in [0.15, 0.2) is 36.4 Å². The molecule has 2 aromatic rings. The number of hydrogen-bond acceptors (Lipinski definition) is 4. The first kappa shape index (κ1) is 28.9. The molecule has 0 bridgehead atoms. The van der Waals surface area contributed by atoms with Crippen LogP contribution >= 0.6 is 0 Å². The molecule has 7 heteroatoms. The maximum Gasteiger partial charge on any atom is 0.303 e. The number of nitrogens with zero attached hydrogens (tertiary/aromatic N) is 1. The smallest absolute Gasteiger partial charge is 0.303 e. The van der Waals surface area contributed by atoms with Crippen molar-refractivity contribution in [2.75, 3.05) is 26.2 Å². The van der Waals surface area contributed by atoms with Gasteiger partial charge in [0.2, 0.25) is 0 Å². The molecule has 0 saturated carbocycles. The Balaban J connectivity index is 0.000000402. The van der Waals surface area contributed by atoms with Gasteiger partial charge in [-0.15, -0.1) is 0 Å². The second-order valence-electron chi connectivity index (χ2n) is 9.26. The molecule has 2 aromatic carbocycles. The lowest BCUT2D eigenvalue weighted by Crippen LogP contribution is -2.33. The number of halogens is 2. The molecule has 1 aliphatic heterocycles. The predicted molar refractivity (Wildman–Crippen MR) is 134 cm³/mol. The second kappa shape index (κ2) is 14.9. The van der Waals surface area contributed by atoms with Gasteiger partial charge >= 0.3 is 5.97 Å². The van der Waals surface area contributed by atoms with Crippen LogP contribution in [0, 0.1) is 25.5 Å². The number of β-amino-alcohol motifs (C(OH)–C–C–N with tert-alkyl or cyclic N) is 1. The molecule has 0 spiro atoms. The number of hydrogen-bond donors (Lipinski definition) is 2. The van der Waals surface area contributed by atoms with Gasteiger partial charge in [-0.3, -0.25) is 4.79 Å². The van der Waals surface area contributed by atoms with Crippen LogP contribution in [0.2, 0.25) is 0 Å². The first-order valence-corrected chi connectivity index (χ1v) is 12.4. The Morgan fingerprint density at radius 2 is 1.83 bits per heavy atom. The third-order valence-electron chi connectivity index (χ3n) is 6.10. The molecular weight excluding hydrogens is 452 g/mol. The van der Waals surface area contributed by atoms with Gasteiger partial charge in [0, 0.05) is 13.0 Å². The van der Waals surface area contributed by atoms with E-state index in [2.05, 4.69) is 4.90 Å². The van der Waals surface area contributed by atoms with E-state index in [4.69, 9.17) is 9.84 Å². The van der Waals surface area contributed by atoms with Crippen LogP contribution in [-0.4, -0.2) is 53.4 Å². The van der Waals surface area contributed by atoms with Crippen LogP contribution < -0.4 is 0 Å². The fraction of sp³-hybridized carbons (Fsp3) is 0.536. The number of carboxylic acid groups (broad SMARTS) is 1. The van der Waals surface area contributed by atoms with Gasteiger partial charge in [-0.2, -0.15) is 0 Å². The maximum atomic E-state index is 13.8. The van der Waals surface area contributed by atoms with E-state index in [1.165, 1.54) is 31.0 Å². The fourth-order valence-corrected chi connectivity index (χ4v) is 4.17. The Morgan fingerprint density at radius 1 is 1.11 bits per heavy atom. The standard InChI is InChI=1S/C20H30FNO4.C8H9F/c1-2-5-19(26-14-17(23)13-22-10-3-4-11-22)18-12-16(21)8-6-15(18)7-9-20(24)25;1-6-3-4-7(2)8(9)5-6/h6,8,12,17,19,23H,2-5,7,9-11,13-14H2,1H3,(H,24,25);3-5H,1-2H3. The summed E-state index contributed by atoms with van der Waals surface area (Å²) in [5.74, 6) is -1.36. The van der Waals surface area contributed by atoms with Crippen molar-refractivity contribution in [3.05, 3.63) is 70.3 Å². The Kier molecular flexibility index (Phi) is 12.3. The molecule has 2 N–H and O–H groups in total. The molecule has 1 aliphatic rings. The summed E-state index contributed by atoms with van der Waals surface area (Å²) in [6.45, 7) is 8.46. The molecule has 0 amide bonds. The minimum absolute atomic E-state index is 0.00490. The van der Waals surface area contributed by atoms with Gasteiger partial charge in [-0.05, 0) is 93.1 Å². The van der Waals surface area contributed by atoms with E-state index >= 15 is 0 Å². The molecular formula is C28H39F2NO4. The van der Waals surface area contributed by atoms with E-state index in [1.54, 1.807) is 19.1 Å². The van der Waals surface area contributed by atoms with Crippen molar-refractivity contribution in [2.24, 2.45) is 0 Å². The lowest BCUT2D eigenvalue weighted by Gasteiger charge is -2.24. The molecule has 35 heavy (non-hydrogen) atoms. The second-order valence-corrected chi connectivity index (χ2v) is 9.26. The van der Waals surface area contributed by atoms with Crippen molar-refractivity contribution in [2.45, 2.75) is 71.5 Å². The summed E-state index contributed by atoms with van der Waals surface area (Å²) in [4.78, 5) is 13.1. The zero-order valence-corrected chi connectivity index (χ0v) is 21.1. The lowest BCUT2D eigenvalue weighted by atomic mass is 9.96. The number of rotatable bonds is 11. The number of carboxylic acids is 1. The number of likely N-dealkylation sites (tertiary alicyclic amines) is 1. The van der Waals surface area contributed by atoms with Crippen molar-refractivity contribution in [1.82, 2.24) is 4.90 Å². The average molecular weight is 492 g/mol. The van der Waals surface area contributed by atoms with E-state index in [-0.39, 0.29) is 30.8 Å². The Labute approximate surface area is 207 Å². The Bertz CT molecular complexity index is 931. The molecule has 1 heterocycles. The van der Waals surface area contributed by atoms with E-state index < -0.39 is 12.1 Å². The summed E-state index contributed by atoms with van der Waals surface area (Å²) in [7, 11) is 0. The van der Waals surface area contributed by atoms with Gasteiger partial charge in [0.05, 0.1) is 18.8 Å². The summed E-state index contributed by atoms with van der Waals surface area (Å²) >= 11 is 0. The van der Waals surface area contributed by atoms with Gasteiger partial charge in [0.25, 0.3) is 0 Å². The first-order chi connectivity index (χ1) is 16.7. The monoisotopic (exact) mass is 491 g/mol. The highest BCUT2D eigenvalue weighted by Gasteiger charge is 2.20. The predicted octanol–water partition coefficient (Wildman–Crippen LogP) is 5.60. The zero-order chi connectivity index (χ0) is 25.8. The van der Waals surface area contributed by atoms with Crippen LogP contribution in [0.3, 0.4) is 0 Å². The van der Waals surface area contributed by atoms with E-state index in [1.807, 2.05) is 19.9 Å². The molecule has 0 radical (unpaired) electrons. The number of aryl methyl sites for hydroxylation is 3. The molecule has 0 aromatic heterocycles. The zero-order valence-electron chi connectivity index (χ0n) is 21.1. The molecule has 2 atom stereocenters. The minimum Gasteiger partial charge on any atom is -0.481 e. The van der Waals surface area contributed by atoms with Gasteiger partial charge in [0.15, 0.2) is 0 Å². The van der Waals surface area contributed by atoms with Crippen molar-refractivity contribution >= 4 is 5.97 Å².